The Morgan fingerprint density at radius 3 is 2.76 bits per heavy atom. The monoisotopic (exact) mass is 370 g/mol. The summed E-state index contributed by atoms with van der Waals surface area (Å²) in [5, 5.41) is 4.63. The van der Waals surface area contributed by atoms with Gasteiger partial charge in [0, 0.05) is 21.3 Å². The van der Waals surface area contributed by atoms with Crippen molar-refractivity contribution in [1.82, 2.24) is 9.78 Å². The molecule has 110 valence electrons. The van der Waals surface area contributed by atoms with E-state index in [1.54, 1.807) is 24.4 Å². The number of hydrogen-bond acceptors (Lipinski definition) is 4. The molecule has 2 rings (SSSR count). The summed E-state index contributed by atoms with van der Waals surface area (Å²) in [5.41, 5.74) is 0.496. The first-order valence-corrected chi connectivity index (χ1v) is 7.31. The number of halogens is 2. The Kier molecular flexibility index (Phi) is 4.80. The van der Waals surface area contributed by atoms with E-state index in [0.29, 0.717) is 27.2 Å². The molecule has 1 aromatic carbocycles. The van der Waals surface area contributed by atoms with Gasteiger partial charge in [0.15, 0.2) is 0 Å². The summed E-state index contributed by atoms with van der Waals surface area (Å²) in [6, 6.07) is 5.15. The Bertz CT molecular complexity index is 758. The molecule has 1 heterocycles. The van der Waals surface area contributed by atoms with Crippen LogP contribution < -0.4 is 5.43 Å². The molecule has 0 aliphatic heterocycles. The highest BCUT2D eigenvalue weighted by atomic mass is 79.9. The number of benzene rings is 1. The zero-order valence-corrected chi connectivity index (χ0v) is 13.7. The van der Waals surface area contributed by atoms with E-state index in [2.05, 4.69) is 25.8 Å². The number of esters is 1. The van der Waals surface area contributed by atoms with Crippen molar-refractivity contribution in [3.05, 3.63) is 55.4 Å². The molecule has 0 spiro atoms. The minimum Gasteiger partial charge on any atom is -0.464 e. The van der Waals surface area contributed by atoms with Crippen LogP contribution in [-0.4, -0.2) is 22.9 Å². The van der Waals surface area contributed by atoms with Crippen LogP contribution >= 0.6 is 27.5 Å². The molecule has 0 aliphatic carbocycles. The molecule has 0 atom stereocenters. The Balaban J connectivity index is 2.69. The fourth-order valence-electron chi connectivity index (χ4n) is 1.81. The summed E-state index contributed by atoms with van der Waals surface area (Å²) >= 11 is 9.30. The molecule has 0 radical (unpaired) electrons. The Morgan fingerprint density at radius 1 is 1.48 bits per heavy atom. The van der Waals surface area contributed by atoms with E-state index < -0.39 is 11.4 Å². The van der Waals surface area contributed by atoms with Gasteiger partial charge in [-0.05, 0) is 40.5 Å². The molecule has 2 aromatic rings. The van der Waals surface area contributed by atoms with Gasteiger partial charge in [-0.2, -0.15) is 5.10 Å². The molecule has 1 aromatic heterocycles. The van der Waals surface area contributed by atoms with Gasteiger partial charge in [0.25, 0.3) is 0 Å². The predicted molar refractivity (Wildman–Crippen MR) is 83.3 cm³/mol. The highest BCUT2D eigenvalue weighted by Crippen LogP contribution is 2.24. The van der Waals surface area contributed by atoms with Crippen LogP contribution in [0.2, 0.25) is 5.02 Å². The molecule has 21 heavy (non-hydrogen) atoms. The Hall–Kier alpha value is -1.66. The topological polar surface area (TPSA) is 61.2 Å². The molecule has 0 saturated heterocycles. The second kappa shape index (κ2) is 6.41. The van der Waals surface area contributed by atoms with Gasteiger partial charge in [0.2, 0.25) is 11.1 Å². The summed E-state index contributed by atoms with van der Waals surface area (Å²) < 4.78 is 6.77. The number of hydrogen-bond donors (Lipinski definition) is 0. The average Bonchev–Trinajstić information content (AvgIpc) is 2.47. The molecule has 0 unspecified atom stereocenters. The van der Waals surface area contributed by atoms with E-state index >= 15 is 0 Å². The zero-order chi connectivity index (χ0) is 15.6. The van der Waals surface area contributed by atoms with Crippen molar-refractivity contribution in [2.24, 2.45) is 0 Å². The van der Waals surface area contributed by atoms with Crippen molar-refractivity contribution < 1.29 is 9.53 Å². The molecule has 0 aliphatic rings. The van der Waals surface area contributed by atoms with Gasteiger partial charge < -0.3 is 4.74 Å². The largest absolute Gasteiger partial charge is 0.464 e. The molecule has 0 amide bonds. The third-order valence-electron chi connectivity index (χ3n) is 2.91. The number of carbonyl (C=O) groups is 1. The lowest BCUT2D eigenvalue weighted by Crippen LogP contribution is -2.25. The first-order chi connectivity index (χ1) is 9.97. The van der Waals surface area contributed by atoms with Crippen LogP contribution in [-0.2, 0) is 11.2 Å². The summed E-state index contributed by atoms with van der Waals surface area (Å²) in [7, 11) is 1.21. The van der Waals surface area contributed by atoms with Gasteiger partial charge in [-0.25, -0.2) is 9.48 Å². The SMILES string of the molecule is CCc1cn(-c2ccc(Cl)cc2Br)nc(C(=O)OC)c1=O. The fourth-order valence-corrected chi connectivity index (χ4v) is 2.68. The maximum atomic E-state index is 12.1. The number of methoxy groups -OCH3 is 1. The quantitative estimate of drug-likeness (QED) is 0.778. The maximum absolute atomic E-state index is 12.1. The second-order valence-electron chi connectivity index (χ2n) is 4.22. The predicted octanol–water partition coefficient (Wildman–Crippen LogP) is 3.00. The highest BCUT2D eigenvalue weighted by Gasteiger charge is 2.17. The maximum Gasteiger partial charge on any atom is 0.362 e. The first-order valence-electron chi connectivity index (χ1n) is 6.14. The van der Waals surface area contributed by atoms with Crippen molar-refractivity contribution >= 4 is 33.5 Å². The van der Waals surface area contributed by atoms with Crippen molar-refractivity contribution in [2.45, 2.75) is 13.3 Å². The molecular formula is C14H12BrClN2O3. The number of nitrogens with zero attached hydrogens (tertiary/aromatic N) is 2. The zero-order valence-electron chi connectivity index (χ0n) is 11.4. The summed E-state index contributed by atoms with van der Waals surface area (Å²) in [5.74, 6) is -0.755. The molecule has 0 fully saturated rings. The summed E-state index contributed by atoms with van der Waals surface area (Å²) in [6.45, 7) is 1.83. The number of aryl methyl sites for hydroxylation is 1. The number of aromatic nitrogens is 2. The number of rotatable bonds is 3. The van der Waals surface area contributed by atoms with E-state index in [1.165, 1.54) is 11.8 Å². The molecule has 0 bridgehead atoms. The van der Waals surface area contributed by atoms with Crippen molar-refractivity contribution in [2.75, 3.05) is 7.11 Å². The third-order valence-corrected chi connectivity index (χ3v) is 3.78. The van der Waals surface area contributed by atoms with Crippen molar-refractivity contribution in [1.29, 1.82) is 0 Å². The summed E-state index contributed by atoms with van der Waals surface area (Å²) in [4.78, 5) is 23.8. The molecule has 7 heteroatoms. The van der Waals surface area contributed by atoms with E-state index in [0.717, 1.165) is 0 Å². The first kappa shape index (κ1) is 15.7. The smallest absolute Gasteiger partial charge is 0.362 e. The van der Waals surface area contributed by atoms with Gasteiger partial charge in [0.1, 0.15) is 0 Å². The van der Waals surface area contributed by atoms with Crippen LogP contribution in [0.4, 0.5) is 0 Å². The second-order valence-corrected chi connectivity index (χ2v) is 5.51. The van der Waals surface area contributed by atoms with Crippen LogP contribution in [0.25, 0.3) is 5.69 Å². The standard InChI is InChI=1S/C14H12BrClN2O3/c1-3-8-7-18(11-5-4-9(16)6-10(11)15)17-12(13(8)19)14(20)21-2/h4-7H,3H2,1-2H3. The van der Waals surface area contributed by atoms with Gasteiger partial charge in [-0.1, -0.05) is 18.5 Å². The molecule has 0 saturated carbocycles. The van der Waals surface area contributed by atoms with Crippen LogP contribution in [0.3, 0.4) is 0 Å². The Labute approximate surface area is 134 Å². The minimum absolute atomic E-state index is 0.237. The van der Waals surface area contributed by atoms with E-state index in [4.69, 9.17) is 11.6 Å². The van der Waals surface area contributed by atoms with Crippen molar-refractivity contribution in [3.8, 4) is 5.69 Å². The van der Waals surface area contributed by atoms with Crippen LogP contribution in [0.1, 0.15) is 23.0 Å². The normalized spacial score (nSPS) is 10.5. The lowest BCUT2D eigenvalue weighted by molar-refractivity contribution is 0.0590. The molecular weight excluding hydrogens is 360 g/mol. The van der Waals surface area contributed by atoms with Crippen LogP contribution in [0.15, 0.2) is 33.7 Å². The highest BCUT2D eigenvalue weighted by molar-refractivity contribution is 9.10. The van der Waals surface area contributed by atoms with Crippen LogP contribution in [0.5, 0.6) is 0 Å². The Morgan fingerprint density at radius 2 is 2.19 bits per heavy atom. The van der Waals surface area contributed by atoms with Gasteiger partial charge in [0.05, 0.1) is 12.8 Å². The van der Waals surface area contributed by atoms with E-state index in [9.17, 15) is 9.59 Å². The number of ether oxygens (including phenoxy) is 1. The summed E-state index contributed by atoms with van der Waals surface area (Å²) in [6.07, 6.45) is 2.08. The average molecular weight is 372 g/mol. The molecule has 5 nitrogen and oxygen atoms in total. The fraction of sp³-hybridized carbons (Fsp3) is 0.214. The van der Waals surface area contributed by atoms with E-state index in [-0.39, 0.29) is 5.69 Å². The number of carbonyl (C=O) groups excluding carboxylic acids is 1. The van der Waals surface area contributed by atoms with Crippen molar-refractivity contribution in [3.63, 3.8) is 0 Å². The third kappa shape index (κ3) is 3.16. The van der Waals surface area contributed by atoms with Gasteiger partial charge >= 0.3 is 5.97 Å². The van der Waals surface area contributed by atoms with E-state index in [1.807, 2.05) is 6.92 Å². The minimum atomic E-state index is -0.755. The lowest BCUT2D eigenvalue weighted by atomic mass is 10.2. The lowest BCUT2D eigenvalue weighted by Gasteiger charge is -2.11. The molecule has 0 N–H and O–H groups in total. The van der Waals surface area contributed by atoms with Crippen LogP contribution in [0, 0.1) is 0 Å². The van der Waals surface area contributed by atoms with Gasteiger partial charge in [-0.15, -0.1) is 0 Å². The van der Waals surface area contributed by atoms with Gasteiger partial charge in [-0.3, -0.25) is 4.79 Å².